The molecule has 0 bridgehead atoms. The Morgan fingerprint density at radius 3 is 2.90 bits per heavy atom. The first kappa shape index (κ1) is 8.06. The van der Waals surface area contributed by atoms with Crippen LogP contribution in [0, 0.1) is 18.4 Å². The Morgan fingerprint density at radius 1 is 1.50 bits per heavy atom. The molecule has 0 aliphatic heterocycles. The molecular weight excluding hydrogens is 124 g/mol. The summed E-state index contributed by atoms with van der Waals surface area (Å²) in [7, 11) is 0. The van der Waals surface area contributed by atoms with E-state index in [-0.39, 0.29) is 0 Å². The second-order valence-electron chi connectivity index (χ2n) is 3.35. The average Bonchev–Trinajstić information content (AvgIpc) is 2.05. The van der Waals surface area contributed by atoms with Crippen molar-refractivity contribution in [3.05, 3.63) is 6.61 Å². The van der Waals surface area contributed by atoms with Gasteiger partial charge in [0.2, 0.25) is 0 Å². The molecule has 2 atom stereocenters. The Balaban J connectivity index is 2.25. The smallest absolute Gasteiger partial charge is 0.0830 e. The van der Waals surface area contributed by atoms with Crippen LogP contribution in [0.15, 0.2) is 0 Å². The minimum Gasteiger partial charge on any atom is -0.390 e. The molecule has 2 unspecified atom stereocenters. The van der Waals surface area contributed by atoms with Crippen molar-refractivity contribution < 1.29 is 5.11 Å². The van der Waals surface area contributed by atoms with E-state index in [1.54, 1.807) is 0 Å². The van der Waals surface area contributed by atoms with Gasteiger partial charge in [0.15, 0.2) is 0 Å². The minimum atomic E-state index is 0.499. The summed E-state index contributed by atoms with van der Waals surface area (Å²) in [5.41, 5.74) is 0. The normalized spacial score (nSPS) is 34.2. The van der Waals surface area contributed by atoms with Gasteiger partial charge in [-0.15, -0.1) is 0 Å². The zero-order valence-corrected chi connectivity index (χ0v) is 6.71. The Kier molecular flexibility index (Phi) is 3.20. The predicted molar refractivity (Wildman–Crippen MR) is 42.0 cm³/mol. The highest BCUT2D eigenvalue weighted by Crippen LogP contribution is 2.31. The Bertz CT molecular complexity index is 80.7. The third-order valence-electron chi connectivity index (χ3n) is 2.61. The Hall–Kier alpha value is -0.0400. The molecule has 0 aromatic rings. The molecule has 1 aliphatic carbocycles. The number of hydrogen-bond acceptors (Lipinski definition) is 1. The third kappa shape index (κ3) is 1.98. The molecule has 1 aliphatic rings. The lowest BCUT2D eigenvalue weighted by Crippen LogP contribution is -2.14. The first-order chi connectivity index (χ1) is 4.86. The highest BCUT2D eigenvalue weighted by atomic mass is 16.3. The largest absolute Gasteiger partial charge is 0.390 e. The van der Waals surface area contributed by atoms with Gasteiger partial charge in [0.25, 0.3) is 0 Å². The van der Waals surface area contributed by atoms with Crippen molar-refractivity contribution in [2.24, 2.45) is 11.8 Å². The van der Waals surface area contributed by atoms with Gasteiger partial charge in [0, 0.05) is 0 Å². The maximum absolute atomic E-state index is 8.78. The fourth-order valence-electron chi connectivity index (χ4n) is 1.84. The number of rotatable bonds is 2. The fourth-order valence-corrected chi connectivity index (χ4v) is 1.84. The molecule has 0 spiro atoms. The van der Waals surface area contributed by atoms with Crippen LogP contribution in [0.1, 0.15) is 39.0 Å². The first-order valence-corrected chi connectivity index (χ1v) is 4.34. The van der Waals surface area contributed by atoms with Gasteiger partial charge in [0.1, 0.15) is 0 Å². The van der Waals surface area contributed by atoms with Gasteiger partial charge in [-0.05, 0) is 24.7 Å². The Morgan fingerprint density at radius 2 is 2.30 bits per heavy atom. The zero-order chi connectivity index (χ0) is 7.40. The van der Waals surface area contributed by atoms with Crippen LogP contribution < -0.4 is 0 Å². The van der Waals surface area contributed by atoms with Crippen LogP contribution in [-0.4, -0.2) is 5.11 Å². The van der Waals surface area contributed by atoms with Gasteiger partial charge in [-0.25, -0.2) is 0 Å². The van der Waals surface area contributed by atoms with Gasteiger partial charge in [-0.3, -0.25) is 0 Å². The van der Waals surface area contributed by atoms with Crippen LogP contribution in [0.4, 0.5) is 0 Å². The van der Waals surface area contributed by atoms with Crippen molar-refractivity contribution in [3.8, 4) is 0 Å². The van der Waals surface area contributed by atoms with Crippen LogP contribution in [-0.2, 0) is 0 Å². The molecule has 0 heterocycles. The van der Waals surface area contributed by atoms with Crippen molar-refractivity contribution in [2.75, 3.05) is 0 Å². The molecule has 1 N–H and O–H groups in total. The van der Waals surface area contributed by atoms with E-state index in [0.717, 1.165) is 5.92 Å². The van der Waals surface area contributed by atoms with E-state index in [4.69, 9.17) is 5.11 Å². The van der Waals surface area contributed by atoms with Crippen LogP contribution in [0.2, 0.25) is 0 Å². The van der Waals surface area contributed by atoms with Crippen molar-refractivity contribution in [1.82, 2.24) is 0 Å². The summed E-state index contributed by atoms with van der Waals surface area (Å²) in [5.74, 6) is 1.38. The fraction of sp³-hybridized carbons (Fsp3) is 0.889. The van der Waals surface area contributed by atoms with Crippen LogP contribution in [0.5, 0.6) is 0 Å². The van der Waals surface area contributed by atoms with E-state index in [9.17, 15) is 0 Å². The first-order valence-electron chi connectivity index (χ1n) is 4.34. The maximum atomic E-state index is 8.78. The molecule has 0 aromatic carbocycles. The second kappa shape index (κ2) is 3.97. The monoisotopic (exact) mass is 141 g/mol. The molecule has 0 aromatic heterocycles. The molecule has 1 radical (unpaired) electrons. The lowest BCUT2D eigenvalue weighted by Gasteiger charge is -2.26. The SMILES string of the molecule is CCC1CCCC([CH]O)C1. The summed E-state index contributed by atoms with van der Waals surface area (Å²) in [5, 5.41) is 8.78. The summed E-state index contributed by atoms with van der Waals surface area (Å²) in [4.78, 5) is 0. The zero-order valence-electron chi connectivity index (χ0n) is 6.71. The summed E-state index contributed by atoms with van der Waals surface area (Å²) in [6.07, 6.45) is 6.38. The van der Waals surface area contributed by atoms with Crippen molar-refractivity contribution >= 4 is 0 Å². The van der Waals surface area contributed by atoms with Crippen molar-refractivity contribution in [2.45, 2.75) is 39.0 Å². The predicted octanol–water partition coefficient (Wildman–Crippen LogP) is 2.74. The molecule has 59 valence electrons. The summed E-state index contributed by atoms with van der Waals surface area (Å²) >= 11 is 0. The minimum absolute atomic E-state index is 0.499. The van der Waals surface area contributed by atoms with Gasteiger partial charge in [0.05, 0.1) is 6.61 Å². The van der Waals surface area contributed by atoms with E-state index in [2.05, 4.69) is 6.92 Å². The van der Waals surface area contributed by atoms with Gasteiger partial charge in [-0.2, -0.15) is 0 Å². The van der Waals surface area contributed by atoms with Crippen LogP contribution >= 0.6 is 0 Å². The number of aliphatic hydroxyl groups is 1. The van der Waals surface area contributed by atoms with E-state index in [1.165, 1.54) is 38.7 Å². The highest BCUT2D eigenvalue weighted by molar-refractivity contribution is 4.76. The summed E-state index contributed by atoms with van der Waals surface area (Å²) in [6.45, 7) is 3.63. The Labute approximate surface area is 63.4 Å². The van der Waals surface area contributed by atoms with E-state index >= 15 is 0 Å². The van der Waals surface area contributed by atoms with Gasteiger partial charge in [-0.1, -0.05) is 26.2 Å². The van der Waals surface area contributed by atoms with Gasteiger partial charge < -0.3 is 5.11 Å². The number of aliphatic hydroxyl groups excluding tert-OH is 1. The summed E-state index contributed by atoms with van der Waals surface area (Å²) in [6, 6.07) is 0. The molecule has 0 amide bonds. The highest BCUT2D eigenvalue weighted by Gasteiger charge is 2.19. The molecule has 0 saturated heterocycles. The van der Waals surface area contributed by atoms with E-state index < -0.39 is 0 Å². The summed E-state index contributed by atoms with van der Waals surface area (Å²) < 4.78 is 0. The second-order valence-corrected chi connectivity index (χ2v) is 3.35. The average molecular weight is 141 g/mol. The maximum Gasteiger partial charge on any atom is 0.0830 e. The number of hydrogen-bond donors (Lipinski definition) is 1. The topological polar surface area (TPSA) is 20.2 Å². The molecule has 10 heavy (non-hydrogen) atoms. The molecular formula is C9H17O. The van der Waals surface area contributed by atoms with E-state index in [0.29, 0.717) is 5.92 Å². The van der Waals surface area contributed by atoms with Crippen molar-refractivity contribution in [3.63, 3.8) is 0 Å². The molecule has 1 nitrogen and oxygen atoms in total. The quantitative estimate of drug-likeness (QED) is 0.627. The lowest BCUT2D eigenvalue weighted by atomic mass is 9.81. The lowest BCUT2D eigenvalue weighted by molar-refractivity contribution is 0.215. The molecule has 1 rings (SSSR count). The molecule has 1 heteroatoms. The third-order valence-corrected chi connectivity index (χ3v) is 2.61. The van der Waals surface area contributed by atoms with Gasteiger partial charge >= 0.3 is 0 Å². The standard InChI is InChI=1S/C9H17O/c1-2-8-4-3-5-9(6-8)7-10/h7-10H,2-6H2,1H3. The van der Waals surface area contributed by atoms with Crippen LogP contribution in [0.3, 0.4) is 0 Å². The van der Waals surface area contributed by atoms with Crippen LogP contribution in [0.25, 0.3) is 0 Å². The van der Waals surface area contributed by atoms with Crippen molar-refractivity contribution in [1.29, 1.82) is 0 Å². The van der Waals surface area contributed by atoms with E-state index in [1.807, 2.05) is 0 Å². The molecule has 1 saturated carbocycles. The molecule has 1 fully saturated rings.